The average Bonchev–Trinajstić information content (AvgIpc) is 2.69. The molecule has 3 rings (SSSR count). The first-order valence-electron chi connectivity index (χ1n) is 10.7. The van der Waals surface area contributed by atoms with Crippen molar-refractivity contribution in [3.63, 3.8) is 0 Å². The van der Waals surface area contributed by atoms with Crippen molar-refractivity contribution in [1.29, 1.82) is 0 Å². The third-order valence-electron chi connectivity index (χ3n) is 5.62. The second-order valence-corrected chi connectivity index (χ2v) is 8.00. The largest absolute Gasteiger partial charge is 0.379 e. The molecule has 1 saturated carbocycles. The molecule has 1 heterocycles. The molecule has 0 amide bonds. The Kier molecular flexibility index (Phi) is 10.6. The molecule has 6 heteroatoms. The van der Waals surface area contributed by atoms with Crippen LogP contribution in [0.1, 0.15) is 50.7 Å². The van der Waals surface area contributed by atoms with Gasteiger partial charge in [-0.25, -0.2) is 4.99 Å². The standard InChI is InChI=1S/C22H36N4O.HI/c1-3-23-22(25-21-9-7-18(2)8-10-21)24-16-19-5-4-6-20(15-19)17-26-11-13-27-14-12-26;/h4-6,15,18,21H,3,7-14,16-17H2,1-2H3,(H2,23,24,25);1H. The summed E-state index contributed by atoms with van der Waals surface area (Å²) in [6, 6.07) is 9.41. The highest BCUT2D eigenvalue weighted by atomic mass is 127. The number of nitrogens with one attached hydrogen (secondary N) is 2. The van der Waals surface area contributed by atoms with Gasteiger partial charge in [0.1, 0.15) is 0 Å². The van der Waals surface area contributed by atoms with Gasteiger partial charge in [0, 0.05) is 32.2 Å². The fourth-order valence-electron chi connectivity index (χ4n) is 3.93. The molecule has 158 valence electrons. The third kappa shape index (κ3) is 7.87. The predicted molar refractivity (Wildman–Crippen MR) is 127 cm³/mol. The Hall–Kier alpha value is -0.860. The molecule has 1 aromatic rings. The number of aliphatic imine (C=N–C) groups is 1. The van der Waals surface area contributed by atoms with E-state index in [2.05, 4.69) is 53.6 Å². The fourth-order valence-corrected chi connectivity index (χ4v) is 3.93. The summed E-state index contributed by atoms with van der Waals surface area (Å²) in [4.78, 5) is 7.31. The monoisotopic (exact) mass is 500 g/mol. The lowest BCUT2D eigenvalue weighted by Gasteiger charge is -2.28. The summed E-state index contributed by atoms with van der Waals surface area (Å²) in [5.41, 5.74) is 2.64. The highest BCUT2D eigenvalue weighted by Crippen LogP contribution is 2.23. The second kappa shape index (κ2) is 12.6. The minimum Gasteiger partial charge on any atom is -0.379 e. The first-order chi connectivity index (χ1) is 13.2. The van der Waals surface area contributed by atoms with Crippen molar-refractivity contribution >= 4 is 29.9 Å². The van der Waals surface area contributed by atoms with E-state index in [1.54, 1.807) is 0 Å². The molecule has 1 aliphatic heterocycles. The fraction of sp³-hybridized carbons (Fsp3) is 0.682. The van der Waals surface area contributed by atoms with Crippen LogP contribution in [0.4, 0.5) is 0 Å². The molecule has 1 aromatic carbocycles. The van der Waals surface area contributed by atoms with Crippen LogP contribution >= 0.6 is 24.0 Å². The number of halogens is 1. The zero-order valence-electron chi connectivity index (χ0n) is 17.5. The summed E-state index contributed by atoms with van der Waals surface area (Å²) >= 11 is 0. The molecule has 0 bridgehead atoms. The van der Waals surface area contributed by atoms with Crippen molar-refractivity contribution in [2.24, 2.45) is 10.9 Å². The zero-order chi connectivity index (χ0) is 18.9. The summed E-state index contributed by atoms with van der Waals surface area (Å²) in [7, 11) is 0. The lowest BCUT2D eigenvalue weighted by molar-refractivity contribution is 0.0342. The Balaban J connectivity index is 0.00000280. The normalized spacial score (nSPS) is 23.7. The van der Waals surface area contributed by atoms with Crippen LogP contribution in [0, 0.1) is 5.92 Å². The van der Waals surface area contributed by atoms with E-state index in [9.17, 15) is 0 Å². The van der Waals surface area contributed by atoms with E-state index >= 15 is 0 Å². The van der Waals surface area contributed by atoms with Gasteiger partial charge in [0.25, 0.3) is 0 Å². The molecule has 0 atom stereocenters. The Labute approximate surface area is 187 Å². The topological polar surface area (TPSA) is 48.9 Å². The minimum absolute atomic E-state index is 0. The summed E-state index contributed by atoms with van der Waals surface area (Å²) < 4.78 is 5.44. The van der Waals surface area contributed by atoms with Crippen LogP contribution < -0.4 is 10.6 Å². The van der Waals surface area contributed by atoms with Crippen molar-refractivity contribution < 1.29 is 4.74 Å². The molecule has 0 unspecified atom stereocenters. The van der Waals surface area contributed by atoms with Gasteiger partial charge in [-0.1, -0.05) is 31.2 Å². The van der Waals surface area contributed by atoms with Gasteiger partial charge < -0.3 is 15.4 Å². The number of guanidine groups is 1. The van der Waals surface area contributed by atoms with Crippen LogP contribution in [-0.2, 0) is 17.8 Å². The number of nitrogens with zero attached hydrogens (tertiary/aromatic N) is 2. The van der Waals surface area contributed by atoms with Crippen LogP contribution in [0.3, 0.4) is 0 Å². The number of hydrogen-bond acceptors (Lipinski definition) is 3. The molecular weight excluding hydrogens is 463 g/mol. The molecule has 1 saturated heterocycles. The molecule has 5 nitrogen and oxygen atoms in total. The summed E-state index contributed by atoms with van der Waals surface area (Å²) in [6.07, 6.45) is 5.14. The van der Waals surface area contributed by atoms with Gasteiger partial charge in [-0.05, 0) is 49.7 Å². The molecule has 2 fully saturated rings. The molecule has 2 N–H and O–H groups in total. The zero-order valence-corrected chi connectivity index (χ0v) is 19.8. The quantitative estimate of drug-likeness (QED) is 0.355. The van der Waals surface area contributed by atoms with Gasteiger partial charge in [-0.2, -0.15) is 0 Å². The Morgan fingerprint density at radius 1 is 1.14 bits per heavy atom. The highest BCUT2D eigenvalue weighted by Gasteiger charge is 2.18. The molecule has 1 aliphatic carbocycles. The number of benzene rings is 1. The van der Waals surface area contributed by atoms with Crippen LogP contribution in [-0.4, -0.2) is 49.7 Å². The summed E-state index contributed by atoms with van der Waals surface area (Å²) in [5.74, 6) is 1.83. The maximum Gasteiger partial charge on any atom is 0.191 e. The third-order valence-corrected chi connectivity index (χ3v) is 5.62. The molecule has 0 radical (unpaired) electrons. The van der Waals surface area contributed by atoms with Crippen molar-refractivity contribution in [2.45, 2.75) is 58.7 Å². The van der Waals surface area contributed by atoms with Crippen molar-refractivity contribution in [3.05, 3.63) is 35.4 Å². The maximum atomic E-state index is 5.44. The van der Waals surface area contributed by atoms with E-state index in [0.29, 0.717) is 6.04 Å². The van der Waals surface area contributed by atoms with E-state index in [0.717, 1.165) is 57.8 Å². The molecule has 28 heavy (non-hydrogen) atoms. The number of morpholine rings is 1. The number of rotatable bonds is 6. The van der Waals surface area contributed by atoms with Crippen molar-refractivity contribution in [1.82, 2.24) is 15.5 Å². The van der Waals surface area contributed by atoms with Gasteiger partial charge in [0.2, 0.25) is 0 Å². The van der Waals surface area contributed by atoms with E-state index in [1.807, 2.05) is 0 Å². The van der Waals surface area contributed by atoms with Gasteiger partial charge >= 0.3 is 0 Å². The van der Waals surface area contributed by atoms with E-state index in [-0.39, 0.29) is 24.0 Å². The Bertz CT molecular complexity index is 596. The number of ether oxygens (including phenoxy) is 1. The maximum absolute atomic E-state index is 5.44. The summed E-state index contributed by atoms with van der Waals surface area (Å²) in [6.45, 7) is 10.8. The molecule has 0 aromatic heterocycles. The Morgan fingerprint density at radius 2 is 1.86 bits per heavy atom. The van der Waals surface area contributed by atoms with Crippen molar-refractivity contribution in [2.75, 3.05) is 32.8 Å². The van der Waals surface area contributed by atoms with Gasteiger partial charge in [-0.3, -0.25) is 4.90 Å². The van der Waals surface area contributed by atoms with Gasteiger partial charge in [0.15, 0.2) is 5.96 Å². The summed E-state index contributed by atoms with van der Waals surface area (Å²) in [5, 5.41) is 7.05. The number of hydrogen-bond donors (Lipinski definition) is 2. The highest BCUT2D eigenvalue weighted by molar-refractivity contribution is 14.0. The first-order valence-corrected chi connectivity index (χ1v) is 10.7. The van der Waals surface area contributed by atoms with Crippen LogP contribution in [0.5, 0.6) is 0 Å². The van der Waals surface area contributed by atoms with Gasteiger partial charge in [0.05, 0.1) is 19.8 Å². The van der Waals surface area contributed by atoms with Crippen LogP contribution in [0.2, 0.25) is 0 Å². The van der Waals surface area contributed by atoms with Crippen molar-refractivity contribution in [3.8, 4) is 0 Å². The van der Waals surface area contributed by atoms with E-state index in [1.165, 1.54) is 36.8 Å². The Morgan fingerprint density at radius 3 is 2.57 bits per heavy atom. The van der Waals surface area contributed by atoms with E-state index in [4.69, 9.17) is 9.73 Å². The molecular formula is C22H37IN4O. The average molecular weight is 500 g/mol. The smallest absolute Gasteiger partial charge is 0.191 e. The van der Waals surface area contributed by atoms with Crippen LogP contribution in [0.15, 0.2) is 29.3 Å². The minimum atomic E-state index is 0. The predicted octanol–water partition coefficient (Wildman–Crippen LogP) is 3.77. The van der Waals surface area contributed by atoms with Gasteiger partial charge in [-0.15, -0.1) is 24.0 Å². The molecule has 2 aliphatic rings. The lowest BCUT2D eigenvalue weighted by atomic mass is 9.87. The first kappa shape index (κ1) is 23.4. The van der Waals surface area contributed by atoms with Crippen LogP contribution in [0.25, 0.3) is 0 Å². The van der Waals surface area contributed by atoms with E-state index < -0.39 is 0 Å². The molecule has 0 spiro atoms. The second-order valence-electron chi connectivity index (χ2n) is 8.00. The SMILES string of the molecule is CCNC(=NCc1cccc(CN2CCOCC2)c1)NC1CCC(C)CC1.I. The lowest BCUT2D eigenvalue weighted by Crippen LogP contribution is -2.44.